The zero-order chi connectivity index (χ0) is 10.8. The highest BCUT2D eigenvalue weighted by atomic mass is 16.5. The zero-order valence-electron chi connectivity index (χ0n) is 9.43. The maximum absolute atomic E-state index is 11.1. The van der Waals surface area contributed by atoms with E-state index in [-0.39, 0.29) is 12.5 Å². The second kappa shape index (κ2) is 8.97. The lowest BCUT2D eigenvalue weighted by Crippen LogP contribution is -2.36. The van der Waals surface area contributed by atoms with Gasteiger partial charge in [0.25, 0.3) is 0 Å². The number of ether oxygens (including phenoxy) is 1. The molecule has 0 aromatic heterocycles. The topological polar surface area (TPSA) is 50.4 Å². The molecular formula is C10H22N2O2. The second-order valence-electron chi connectivity index (χ2n) is 3.51. The van der Waals surface area contributed by atoms with Gasteiger partial charge in [0.15, 0.2) is 0 Å². The van der Waals surface area contributed by atoms with Gasteiger partial charge in [-0.05, 0) is 6.42 Å². The van der Waals surface area contributed by atoms with Crippen molar-refractivity contribution in [2.24, 2.45) is 0 Å². The number of nitrogens with one attached hydrogen (secondary N) is 2. The molecule has 0 spiro atoms. The summed E-state index contributed by atoms with van der Waals surface area (Å²) in [5.74, 6) is -0.0380. The van der Waals surface area contributed by atoms with E-state index in [2.05, 4.69) is 24.5 Å². The average Bonchev–Trinajstić information content (AvgIpc) is 2.13. The van der Waals surface area contributed by atoms with Crippen LogP contribution in [0.2, 0.25) is 0 Å². The molecule has 0 fully saturated rings. The Hall–Kier alpha value is -0.610. The Morgan fingerprint density at radius 3 is 2.64 bits per heavy atom. The second-order valence-corrected chi connectivity index (χ2v) is 3.51. The van der Waals surface area contributed by atoms with Crippen molar-refractivity contribution in [3.63, 3.8) is 0 Å². The molecule has 0 heterocycles. The lowest BCUT2D eigenvalue weighted by Gasteiger charge is -2.09. The van der Waals surface area contributed by atoms with E-state index in [0.29, 0.717) is 19.2 Å². The van der Waals surface area contributed by atoms with Crippen molar-refractivity contribution in [3.8, 4) is 0 Å². The van der Waals surface area contributed by atoms with Crippen molar-refractivity contribution in [1.82, 2.24) is 10.6 Å². The lowest BCUT2D eigenvalue weighted by molar-refractivity contribution is -0.125. The van der Waals surface area contributed by atoms with Crippen LogP contribution in [-0.4, -0.2) is 38.3 Å². The van der Waals surface area contributed by atoms with Crippen LogP contribution in [-0.2, 0) is 9.53 Å². The van der Waals surface area contributed by atoms with E-state index < -0.39 is 0 Å². The van der Waals surface area contributed by atoms with Crippen LogP contribution < -0.4 is 10.6 Å². The average molecular weight is 202 g/mol. The summed E-state index contributed by atoms with van der Waals surface area (Å²) >= 11 is 0. The van der Waals surface area contributed by atoms with Gasteiger partial charge in [-0.2, -0.15) is 0 Å². The minimum atomic E-state index is -0.0380. The summed E-state index contributed by atoms with van der Waals surface area (Å²) in [6.07, 6.45) is 0.947. The third kappa shape index (κ3) is 9.48. The van der Waals surface area contributed by atoms with Crippen LogP contribution in [0.1, 0.15) is 27.2 Å². The molecule has 0 radical (unpaired) electrons. The molecule has 0 aromatic carbocycles. The number of carbonyl (C=O) groups excluding carboxylic acids is 1. The molecule has 0 saturated carbocycles. The third-order valence-corrected chi connectivity index (χ3v) is 1.58. The Bertz CT molecular complexity index is 149. The summed E-state index contributed by atoms with van der Waals surface area (Å²) in [6.45, 7) is 8.46. The minimum absolute atomic E-state index is 0.0380. The van der Waals surface area contributed by atoms with Crippen LogP contribution in [0, 0.1) is 0 Å². The van der Waals surface area contributed by atoms with Crippen LogP contribution in [0.4, 0.5) is 0 Å². The smallest absolute Gasteiger partial charge is 0.246 e. The number of hydrogen-bond donors (Lipinski definition) is 2. The molecule has 0 aliphatic heterocycles. The molecule has 0 aliphatic carbocycles. The normalized spacial score (nSPS) is 10.6. The van der Waals surface area contributed by atoms with E-state index in [1.807, 2.05) is 6.92 Å². The van der Waals surface area contributed by atoms with E-state index in [1.165, 1.54) is 0 Å². The zero-order valence-corrected chi connectivity index (χ0v) is 9.43. The summed E-state index contributed by atoms with van der Waals surface area (Å²) in [5, 5.41) is 5.98. The molecule has 0 atom stereocenters. The van der Waals surface area contributed by atoms with Crippen molar-refractivity contribution < 1.29 is 9.53 Å². The van der Waals surface area contributed by atoms with Crippen LogP contribution >= 0.6 is 0 Å². The van der Waals surface area contributed by atoms with Gasteiger partial charge in [0.1, 0.15) is 6.61 Å². The summed E-state index contributed by atoms with van der Waals surface area (Å²) < 4.78 is 5.09. The van der Waals surface area contributed by atoms with Crippen molar-refractivity contribution in [3.05, 3.63) is 0 Å². The predicted molar refractivity (Wildman–Crippen MR) is 57.3 cm³/mol. The Morgan fingerprint density at radius 1 is 1.36 bits per heavy atom. The Labute approximate surface area is 86.4 Å². The van der Waals surface area contributed by atoms with E-state index in [1.54, 1.807) is 0 Å². The van der Waals surface area contributed by atoms with Gasteiger partial charge >= 0.3 is 0 Å². The van der Waals surface area contributed by atoms with Gasteiger partial charge in [-0.1, -0.05) is 20.8 Å². The molecule has 84 valence electrons. The maximum atomic E-state index is 11.1. The number of hydrogen-bond acceptors (Lipinski definition) is 3. The van der Waals surface area contributed by atoms with Crippen LogP contribution in [0.5, 0.6) is 0 Å². The molecule has 0 bridgehead atoms. The van der Waals surface area contributed by atoms with Gasteiger partial charge in [0.2, 0.25) is 5.91 Å². The van der Waals surface area contributed by atoms with Gasteiger partial charge in [0, 0.05) is 25.7 Å². The van der Waals surface area contributed by atoms with E-state index >= 15 is 0 Å². The molecule has 0 rings (SSSR count). The van der Waals surface area contributed by atoms with Crippen LogP contribution in [0.25, 0.3) is 0 Å². The molecule has 0 aliphatic rings. The first-order valence-electron chi connectivity index (χ1n) is 5.24. The van der Waals surface area contributed by atoms with Crippen molar-refractivity contribution in [2.45, 2.75) is 33.2 Å². The maximum Gasteiger partial charge on any atom is 0.246 e. The number of carbonyl (C=O) groups is 1. The lowest BCUT2D eigenvalue weighted by atomic mass is 10.4. The van der Waals surface area contributed by atoms with Gasteiger partial charge in [-0.15, -0.1) is 0 Å². The minimum Gasteiger partial charge on any atom is -0.372 e. The van der Waals surface area contributed by atoms with E-state index in [0.717, 1.165) is 13.0 Å². The molecule has 14 heavy (non-hydrogen) atoms. The molecule has 0 saturated heterocycles. The Balaban J connectivity index is 3.18. The monoisotopic (exact) mass is 202 g/mol. The number of rotatable bonds is 8. The molecular weight excluding hydrogens is 180 g/mol. The molecule has 4 nitrogen and oxygen atoms in total. The van der Waals surface area contributed by atoms with Crippen molar-refractivity contribution in [1.29, 1.82) is 0 Å². The molecule has 0 unspecified atom stereocenters. The first kappa shape index (κ1) is 13.4. The predicted octanol–water partition coefficient (Wildman–Crippen LogP) is 0.527. The van der Waals surface area contributed by atoms with Crippen molar-refractivity contribution >= 4 is 5.91 Å². The fourth-order valence-corrected chi connectivity index (χ4v) is 0.923. The fraction of sp³-hybridized carbons (Fsp3) is 0.900. The highest BCUT2D eigenvalue weighted by Gasteiger charge is 1.99. The first-order valence-corrected chi connectivity index (χ1v) is 5.24. The largest absolute Gasteiger partial charge is 0.372 e. The SMILES string of the molecule is CCCOCC(=O)NCCNC(C)C. The summed E-state index contributed by atoms with van der Waals surface area (Å²) in [4.78, 5) is 11.1. The molecule has 1 amide bonds. The summed E-state index contributed by atoms with van der Waals surface area (Å²) in [5.41, 5.74) is 0. The van der Waals surface area contributed by atoms with Gasteiger partial charge < -0.3 is 15.4 Å². The Kier molecular flexibility index (Phi) is 8.57. The van der Waals surface area contributed by atoms with E-state index in [9.17, 15) is 4.79 Å². The fourth-order valence-electron chi connectivity index (χ4n) is 0.923. The first-order chi connectivity index (χ1) is 6.66. The molecule has 0 aromatic rings. The third-order valence-electron chi connectivity index (χ3n) is 1.58. The quantitative estimate of drug-likeness (QED) is 0.564. The summed E-state index contributed by atoms with van der Waals surface area (Å²) in [7, 11) is 0. The van der Waals surface area contributed by atoms with Gasteiger partial charge in [0.05, 0.1) is 0 Å². The van der Waals surface area contributed by atoms with Crippen LogP contribution in [0.15, 0.2) is 0 Å². The van der Waals surface area contributed by atoms with Crippen LogP contribution in [0.3, 0.4) is 0 Å². The van der Waals surface area contributed by atoms with Gasteiger partial charge in [-0.3, -0.25) is 4.79 Å². The molecule has 4 heteroatoms. The highest BCUT2D eigenvalue weighted by molar-refractivity contribution is 5.77. The van der Waals surface area contributed by atoms with Gasteiger partial charge in [-0.25, -0.2) is 0 Å². The number of amides is 1. The standard InChI is InChI=1S/C10H22N2O2/c1-4-7-14-8-10(13)12-6-5-11-9(2)3/h9,11H,4-8H2,1-3H3,(H,12,13). The van der Waals surface area contributed by atoms with E-state index in [4.69, 9.17) is 4.74 Å². The highest BCUT2D eigenvalue weighted by Crippen LogP contribution is 1.79. The molecule has 2 N–H and O–H groups in total. The van der Waals surface area contributed by atoms with Crippen molar-refractivity contribution in [2.75, 3.05) is 26.3 Å². The summed E-state index contributed by atoms with van der Waals surface area (Å²) in [6, 6.07) is 0.461. The Morgan fingerprint density at radius 2 is 2.07 bits per heavy atom.